The summed E-state index contributed by atoms with van der Waals surface area (Å²) in [5.74, 6) is -0.0635. The molecule has 3 aromatic rings. The molecule has 0 N–H and O–H groups in total. The summed E-state index contributed by atoms with van der Waals surface area (Å²) in [7, 11) is 4.00. The van der Waals surface area contributed by atoms with Crippen LogP contribution < -0.4 is 4.90 Å². The van der Waals surface area contributed by atoms with Crippen LogP contribution in [-0.4, -0.2) is 41.6 Å². The normalized spacial score (nSPS) is 16.9. The van der Waals surface area contributed by atoms with Gasteiger partial charge in [-0.3, -0.25) is 9.69 Å². The van der Waals surface area contributed by atoms with E-state index in [9.17, 15) is 4.79 Å². The second-order valence-electron chi connectivity index (χ2n) is 6.66. The van der Waals surface area contributed by atoms with Gasteiger partial charge in [0.25, 0.3) is 5.91 Å². The highest BCUT2D eigenvalue weighted by atomic mass is 32.2. The van der Waals surface area contributed by atoms with Crippen LogP contribution in [0.3, 0.4) is 0 Å². The monoisotopic (exact) mass is 420 g/mol. The number of rotatable bonds is 5. The maximum atomic E-state index is 12.9. The molecule has 2 aromatic carbocycles. The Kier molecular flexibility index (Phi) is 5.51. The topological polar surface area (TPSA) is 48.8 Å². The first-order valence-corrected chi connectivity index (χ1v) is 10.7. The first-order valence-electron chi connectivity index (χ1n) is 9.09. The number of hydrogen-bond donors (Lipinski definition) is 0. The quantitative estimate of drug-likeness (QED) is 0.423. The SMILES string of the molecule is C=CCN1C(=O)/C(=C/c2ccc(N(C)C)cc2)S/C1=N\c1nc2ccccc2s1. The van der Waals surface area contributed by atoms with E-state index >= 15 is 0 Å². The molecule has 1 fully saturated rings. The summed E-state index contributed by atoms with van der Waals surface area (Å²) in [6.07, 6.45) is 3.62. The summed E-state index contributed by atoms with van der Waals surface area (Å²) in [6, 6.07) is 16.0. The second kappa shape index (κ2) is 8.23. The fourth-order valence-electron chi connectivity index (χ4n) is 2.89. The summed E-state index contributed by atoms with van der Waals surface area (Å²) in [4.78, 5) is 26.5. The van der Waals surface area contributed by atoms with Gasteiger partial charge in [-0.15, -0.1) is 6.58 Å². The van der Waals surface area contributed by atoms with Crippen LogP contribution in [0.2, 0.25) is 0 Å². The molecule has 146 valence electrons. The van der Waals surface area contributed by atoms with Crippen LogP contribution in [0.5, 0.6) is 0 Å². The van der Waals surface area contributed by atoms with E-state index in [-0.39, 0.29) is 5.91 Å². The van der Waals surface area contributed by atoms with Gasteiger partial charge < -0.3 is 4.90 Å². The molecule has 0 unspecified atom stereocenters. The van der Waals surface area contributed by atoms with Gasteiger partial charge in [-0.2, -0.15) is 4.99 Å². The molecule has 1 amide bonds. The van der Waals surface area contributed by atoms with Gasteiger partial charge in [0.15, 0.2) is 5.17 Å². The van der Waals surface area contributed by atoms with E-state index in [1.165, 1.54) is 23.1 Å². The highest BCUT2D eigenvalue weighted by Crippen LogP contribution is 2.36. The molecule has 1 saturated heterocycles. The van der Waals surface area contributed by atoms with Crippen molar-refractivity contribution in [3.8, 4) is 0 Å². The van der Waals surface area contributed by atoms with Gasteiger partial charge in [-0.05, 0) is 47.7 Å². The zero-order valence-electron chi connectivity index (χ0n) is 16.2. The number of benzene rings is 2. The van der Waals surface area contributed by atoms with Crippen molar-refractivity contribution in [2.24, 2.45) is 4.99 Å². The lowest BCUT2D eigenvalue weighted by molar-refractivity contribution is -0.121. The van der Waals surface area contributed by atoms with Crippen molar-refractivity contribution in [1.82, 2.24) is 9.88 Å². The summed E-state index contributed by atoms with van der Waals surface area (Å²) in [5, 5.41) is 1.28. The Hall–Kier alpha value is -2.90. The van der Waals surface area contributed by atoms with Crippen molar-refractivity contribution in [1.29, 1.82) is 0 Å². The fraction of sp³-hybridized carbons (Fsp3) is 0.136. The van der Waals surface area contributed by atoms with Crippen molar-refractivity contribution >= 4 is 61.3 Å². The predicted octanol–water partition coefficient (Wildman–Crippen LogP) is 5.15. The fourth-order valence-corrected chi connectivity index (χ4v) is 4.78. The van der Waals surface area contributed by atoms with Crippen molar-refractivity contribution in [3.05, 3.63) is 71.7 Å². The van der Waals surface area contributed by atoms with Gasteiger partial charge in [-0.25, -0.2) is 4.98 Å². The standard InChI is InChI=1S/C22H20N4OS2/c1-4-13-26-20(27)19(14-15-9-11-16(12-10-15)25(2)3)29-22(26)24-21-23-17-7-5-6-8-18(17)28-21/h4-12,14H,1,13H2,2-3H3/b19-14-,24-22-. The second-order valence-corrected chi connectivity index (χ2v) is 8.68. The highest BCUT2D eigenvalue weighted by Gasteiger charge is 2.32. The third-order valence-electron chi connectivity index (χ3n) is 4.38. The molecule has 0 spiro atoms. The number of para-hydroxylation sites is 1. The lowest BCUT2D eigenvalue weighted by Gasteiger charge is -2.12. The average Bonchev–Trinajstić information content (AvgIpc) is 3.24. The molecule has 0 radical (unpaired) electrons. The number of amides is 1. The number of hydrogen-bond acceptors (Lipinski definition) is 6. The number of aromatic nitrogens is 1. The molecule has 5 nitrogen and oxygen atoms in total. The van der Waals surface area contributed by atoms with Crippen LogP contribution in [0, 0.1) is 0 Å². The predicted molar refractivity (Wildman–Crippen MR) is 125 cm³/mol. The smallest absolute Gasteiger partial charge is 0.267 e. The van der Waals surface area contributed by atoms with Crippen molar-refractivity contribution in [2.75, 3.05) is 25.5 Å². The Morgan fingerprint density at radius 3 is 2.62 bits per heavy atom. The third kappa shape index (κ3) is 4.11. The molecule has 2 heterocycles. The maximum Gasteiger partial charge on any atom is 0.267 e. The number of amidine groups is 1. The first kappa shape index (κ1) is 19.4. The summed E-state index contributed by atoms with van der Waals surface area (Å²) < 4.78 is 1.08. The first-order chi connectivity index (χ1) is 14.0. The van der Waals surface area contributed by atoms with Gasteiger partial charge in [0.2, 0.25) is 5.13 Å². The summed E-state index contributed by atoms with van der Waals surface area (Å²) in [6.45, 7) is 4.18. The minimum atomic E-state index is -0.0635. The molecule has 1 aromatic heterocycles. The molecule has 0 atom stereocenters. The van der Waals surface area contributed by atoms with Gasteiger partial charge in [0.1, 0.15) is 0 Å². The largest absolute Gasteiger partial charge is 0.378 e. The molecular formula is C22H20N4OS2. The van der Waals surface area contributed by atoms with Gasteiger partial charge in [0.05, 0.1) is 15.1 Å². The van der Waals surface area contributed by atoms with E-state index < -0.39 is 0 Å². The Balaban J connectivity index is 1.65. The maximum absolute atomic E-state index is 12.9. The van der Waals surface area contributed by atoms with Crippen LogP contribution >= 0.6 is 23.1 Å². The van der Waals surface area contributed by atoms with Gasteiger partial charge in [0, 0.05) is 26.3 Å². The zero-order valence-corrected chi connectivity index (χ0v) is 17.8. The third-order valence-corrected chi connectivity index (χ3v) is 6.32. The van der Waals surface area contributed by atoms with Gasteiger partial charge >= 0.3 is 0 Å². The number of thiazole rings is 1. The van der Waals surface area contributed by atoms with Crippen LogP contribution in [0.1, 0.15) is 5.56 Å². The molecule has 7 heteroatoms. The lowest BCUT2D eigenvalue weighted by Crippen LogP contribution is -2.29. The number of nitrogens with zero attached hydrogens (tertiary/aromatic N) is 4. The van der Waals surface area contributed by atoms with Crippen LogP contribution in [0.4, 0.5) is 10.8 Å². The number of thioether (sulfide) groups is 1. The number of carbonyl (C=O) groups is 1. The van der Waals surface area contributed by atoms with Crippen molar-refractivity contribution in [2.45, 2.75) is 0 Å². The zero-order chi connectivity index (χ0) is 20.4. The minimum Gasteiger partial charge on any atom is -0.378 e. The molecule has 29 heavy (non-hydrogen) atoms. The van der Waals surface area contributed by atoms with E-state index in [1.807, 2.05) is 73.6 Å². The van der Waals surface area contributed by atoms with E-state index in [1.54, 1.807) is 11.0 Å². The van der Waals surface area contributed by atoms with Crippen LogP contribution in [0.25, 0.3) is 16.3 Å². The Morgan fingerprint density at radius 2 is 1.93 bits per heavy atom. The molecule has 4 rings (SSSR count). The highest BCUT2D eigenvalue weighted by molar-refractivity contribution is 8.18. The molecular weight excluding hydrogens is 400 g/mol. The van der Waals surface area contributed by atoms with E-state index in [2.05, 4.69) is 16.6 Å². The number of aliphatic imine (C=N–C) groups is 1. The van der Waals surface area contributed by atoms with Crippen molar-refractivity contribution in [3.63, 3.8) is 0 Å². The summed E-state index contributed by atoms with van der Waals surface area (Å²) in [5.41, 5.74) is 3.01. The molecule has 1 aliphatic rings. The Morgan fingerprint density at radius 1 is 1.17 bits per heavy atom. The number of carbonyl (C=O) groups excluding carboxylic acids is 1. The number of anilines is 1. The Bertz CT molecular complexity index is 1100. The molecule has 1 aliphatic heterocycles. The summed E-state index contributed by atoms with van der Waals surface area (Å²) >= 11 is 2.89. The minimum absolute atomic E-state index is 0.0635. The average molecular weight is 421 g/mol. The van der Waals surface area contributed by atoms with Gasteiger partial charge in [-0.1, -0.05) is 41.7 Å². The van der Waals surface area contributed by atoms with E-state index in [0.29, 0.717) is 21.7 Å². The molecule has 0 bridgehead atoms. The van der Waals surface area contributed by atoms with Crippen LogP contribution in [-0.2, 0) is 4.79 Å². The molecule has 0 aliphatic carbocycles. The van der Waals surface area contributed by atoms with Crippen molar-refractivity contribution < 1.29 is 4.79 Å². The molecule has 0 saturated carbocycles. The van der Waals surface area contributed by atoms with Crippen LogP contribution in [0.15, 0.2) is 71.1 Å². The van der Waals surface area contributed by atoms with E-state index in [0.717, 1.165) is 21.5 Å². The number of fused-ring (bicyclic) bond motifs is 1. The van der Waals surface area contributed by atoms with E-state index in [4.69, 9.17) is 0 Å². The lowest BCUT2D eigenvalue weighted by atomic mass is 10.2. The Labute approximate surface area is 178 Å².